The van der Waals surface area contributed by atoms with Crippen LogP contribution in [0, 0.1) is 0 Å². The van der Waals surface area contributed by atoms with Crippen LogP contribution in [0.4, 0.5) is 17.1 Å². The van der Waals surface area contributed by atoms with Gasteiger partial charge in [-0.2, -0.15) is 0 Å². The van der Waals surface area contributed by atoms with Crippen LogP contribution in [0.25, 0.3) is 0 Å². The third-order valence-corrected chi connectivity index (χ3v) is 6.26. The molecule has 0 bridgehead atoms. The highest BCUT2D eigenvalue weighted by Crippen LogP contribution is 2.27. The number of carbonyl (C=O) groups is 1. The lowest BCUT2D eigenvalue weighted by atomic mass is 10.2. The number of rotatable bonds is 6. The smallest absolute Gasteiger partial charge is 0.261 e. The van der Waals surface area contributed by atoms with Gasteiger partial charge in [-0.25, -0.2) is 8.42 Å². The maximum Gasteiger partial charge on any atom is 0.261 e. The SMILES string of the molecule is O=C(Nc1ccccc1N1CCOCC1)c1ccc(S(=O)(=O)Nc2ccncc2)cc1. The molecule has 0 spiro atoms. The summed E-state index contributed by atoms with van der Waals surface area (Å²) in [4.78, 5) is 18.9. The second-order valence-electron chi connectivity index (χ2n) is 6.94. The summed E-state index contributed by atoms with van der Waals surface area (Å²) in [5, 5.41) is 2.93. The molecule has 2 aromatic carbocycles. The topological polar surface area (TPSA) is 101 Å². The molecule has 8 nitrogen and oxygen atoms in total. The number of pyridine rings is 1. The van der Waals surface area contributed by atoms with Gasteiger partial charge in [0.05, 0.1) is 35.2 Å². The van der Waals surface area contributed by atoms with Gasteiger partial charge in [-0.15, -0.1) is 0 Å². The molecule has 2 N–H and O–H groups in total. The van der Waals surface area contributed by atoms with E-state index in [0.717, 1.165) is 18.8 Å². The zero-order valence-electron chi connectivity index (χ0n) is 16.7. The molecule has 160 valence electrons. The van der Waals surface area contributed by atoms with Crippen molar-refractivity contribution in [3.8, 4) is 0 Å². The fourth-order valence-electron chi connectivity index (χ4n) is 3.27. The predicted octanol–water partition coefficient (Wildman–Crippen LogP) is 2.97. The van der Waals surface area contributed by atoms with Crippen LogP contribution in [0.1, 0.15) is 10.4 Å². The monoisotopic (exact) mass is 438 g/mol. The summed E-state index contributed by atoms with van der Waals surface area (Å²) in [6.45, 7) is 2.80. The van der Waals surface area contributed by atoms with Crippen LogP contribution in [0.2, 0.25) is 0 Å². The molecule has 3 aromatic rings. The molecule has 0 saturated carbocycles. The Hall–Kier alpha value is -3.43. The summed E-state index contributed by atoms with van der Waals surface area (Å²) in [5.74, 6) is -0.313. The fraction of sp³-hybridized carbons (Fsp3) is 0.182. The lowest BCUT2D eigenvalue weighted by Crippen LogP contribution is -2.36. The van der Waals surface area contributed by atoms with E-state index in [1.165, 1.54) is 36.7 Å². The maximum absolute atomic E-state index is 12.8. The van der Waals surface area contributed by atoms with Crippen molar-refractivity contribution in [2.24, 2.45) is 0 Å². The molecule has 0 aliphatic carbocycles. The molecule has 2 heterocycles. The number of amides is 1. The highest BCUT2D eigenvalue weighted by atomic mass is 32.2. The number of hydrogen-bond donors (Lipinski definition) is 2. The summed E-state index contributed by atoms with van der Waals surface area (Å²) >= 11 is 0. The van der Waals surface area contributed by atoms with Crippen molar-refractivity contribution in [1.29, 1.82) is 0 Å². The average Bonchev–Trinajstić information content (AvgIpc) is 2.80. The minimum atomic E-state index is -3.76. The van der Waals surface area contributed by atoms with Crippen molar-refractivity contribution in [2.45, 2.75) is 4.90 Å². The van der Waals surface area contributed by atoms with E-state index in [0.29, 0.717) is 30.2 Å². The van der Waals surface area contributed by atoms with E-state index in [1.54, 1.807) is 12.1 Å². The second-order valence-corrected chi connectivity index (χ2v) is 8.62. The van der Waals surface area contributed by atoms with E-state index < -0.39 is 10.0 Å². The molecule has 1 aliphatic rings. The minimum Gasteiger partial charge on any atom is -0.378 e. The van der Waals surface area contributed by atoms with Gasteiger partial charge >= 0.3 is 0 Å². The van der Waals surface area contributed by atoms with Crippen molar-refractivity contribution in [3.63, 3.8) is 0 Å². The van der Waals surface area contributed by atoms with E-state index in [4.69, 9.17) is 4.74 Å². The van der Waals surface area contributed by atoms with E-state index in [1.807, 2.05) is 24.3 Å². The van der Waals surface area contributed by atoms with Crippen molar-refractivity contribution in [3.05, 3.63) is 78.6 Å². The molecule has 0 atom stereocenters. The summed E-state index contributed by atoms with van der Waals surface area (Å²) in [6.07, 6.45) is 3.00. The zero-order chi connectivity index (χ0) is 21.7. The van der Waals surface area contributed by atoms with Crippen LogP contribution >= 0.6 is 0 Å². The Kier molecular flexibility index (Phi) is 6.15. The minimum absolute atomic E-state index is 0.0644. The van der Waals surface area contributed by atoms with Crippen LogP contribution in [-0.2, 0) is 14.8 Å². The van der Waals surface area contributed by atoms with Gasteiger partial charge in [0.15, 0.2) is 0 Å². The number of ether oxygens (including phenoxy) is 1. The van der Waals surface area contributed by atoms with Gasteiger partial charge in [0.1, 0.15) is 0 Å². The Morgan fingerprint density at radius 1 is 0.935 bits per heavy atom. The first-order chi connectivity index (χ1) is 15.0. The van der Waals surface area contributed by atoms with Gasteiger partial charge < -0.3 is 15.0 Å². The number of hydrogen-bond acceptors (Lipinski definition) is 6. The Balaban J connectivity index is 1.48. The average molecular weight is 439 g/mol. The second kappa shape index (κ2) is 9.15. The lowest BCUT2D eigenvalue weighted by Gasteiger charge is -2.30. The molecule has 0 unspecified atom stereocenters. The molecular formula is C22H22N4O4S. The number of para-hydroxylation sites is 2. The number of benzene rings is 2. The number of aromatic nitrogens is 1. The summed E-state index contributed by atoms with van der Waals surface area (Å²) in [5.41, 5.74) is 2.40. The highest BCUT2D eigenvalue weighted by molar-refractivity contribution is 7.92. The number of anilines is 3. The molecule has 1 aromatic heterocycles. The van der Waals surface area contributed by atoms with Crippen LogP contribution in [0.15, 0.2) is 78.0 Å². The fourth-order valence-corrected chi connectivity index (χ4v) is 4.33. The summed E-state index contributed by atoms with van der Waals surface area (Å²) < 4.78 is 33.0. The van der Waals surface area contributed by atoms with Gasteiger partial charge in [-0.05, 0) is 48.5 Å². The molecule has 31 heavy (non-hydrogen) atoms. The molecule has 4 rings (SSSR count). The standard InChI is InChI=1S/C22H22N4O4S/c27-22(24-20-3-1-2-4-21(20)26-13-15-30-16-14-26)17-5-7-19(8-6-17)31(28,29)25-18-9-11-23-12-10-18/h1-12H,13-16H2,(H,23,25)(H,24,27). The summed E-state index contributed by atoms with van der Waals surface area (Å²) in [7, 11) is -3.76. The van der Waals surface area contributed by atoms with Gasteiger partial charge in [0.25, 0.3) is 15.9 Å². The third kappa shape index (κ3) is 5.01. The Labute approximate surface area is 180 Å². The van der Waals surface area contributed by atoms with Crippen LogP contribution < -0.4 is 14.9 Å². The number of nitrogens with one attached hydrogen (secondary N) is 2. The molecule has 1 fully saturated rings. The number of sulfonamides is 1. The lowest BCUT2D eigenvalue weighted by molar-refractivity contribution is 0.102. The molecule has 9 heteroatoms. The van der Waals surface area contributed by atoms with Crippen molar-refractivity contribution in [2.75, 3.05) is 41.2 Å². The van der Waals surface area contributed by atoms with E-state index >= 15 is 0 Å². The molecular weight excluding hydrogens is 416 g/mol. The number of carbonyl (C=O) groups excluding carboxylic acids is 1. The van der Waals surface area contributed by atoms with E-state index in [2.05, 4.69) is 19.9 Å². The van der Waals surface area contributed by atoms with Crippen molar-refractivity contribution in [1.82, 2.24) is 4.98 Å². The molecule has 1 amide bonds. The third-order valence-electron chi connectivity index (χ3n) is 4.86. The van der Waals surface area contributed by atoms with Crippen molar-refractivity contribution < 1.29 is 17.9 Å². The van der Waals surface area contributed by atoms with E-state index in [-0.39, 0.29) is 10.8 Å². The van der Waals surface area contributed by atoms with Gasteiger partial charge in [-0.3, -0.25) is 14.5 Å². The largest absolute Gasteiger partial charge is 0.378 e. The van der Waals surface area contributed by atoms with Crippen LogP contribution in [0.5, 0.6) is 0 Å². The zero-order valence-corrected chi connectivity index (χ0v) is 17.5. The summed E-state index contributed by atoms with van der Waals surface area (Å²) in [6, 6.07) is 16.5. The Bertz CT molecular complexity index is 1150. The normalized spacial score (nSPS) is 14.1. The first-order valence-corrected chi connectivity index (χ1v) is 11.3. The highest BCUT2D eigenvalue weighted by Gasteiger charge is 2.18. The predicted molar refractivity (Wildman–Crippen MR) is 119 cm³/mol. The van der Waals surface area contributed by atoms with Crippen molar-refractivity contribution >= 4 is 33.0 Å². The van der Waals surface area contributed by atoms with Gasteiger partial charge in [-0.1, -0.05) is 12.1 Å². The number of nitrogens with zero attached hydrogens (tertiary/aromatic N) is 2. The molecule has 1 saturated heterocycles. The van der Waals surface area contributed by atoms with Crippen LogP contribution in [0.3, 0.4) is 0 Å². The first kappa shape index (κ1) is 20.8. The van der Waals surface area contributed by atoms with Gasteiger partial charge in [0, 0.05) is 31.0 Å². The number of morpholine rings is 1. The maximum atomic E-state index is 12.8. The first-order valence-electron chi connectivity index (χ1n) is 9.79. The Morgan fingerprint density at radius 2 is 1.61 bits per heavy atom. The van der Waals surface area contributed by atoms with Gasteiger partial charge in [0.2, 0.25) is 0 Å². The van der Waals surface area contributed by atoms with E-state index in [9.17, 15) is 13.2 Å². The Morgan fingerprint density at radius 3 is 2.32 bits per heavy atom. The van der Waals surface area contributed by atoms with Crippen LogP contribution in [-0.4, -0.2) is 45.6 Å². The quantitative estimate of drug-likeness (QED) is 0.614. The molecule has 1 aliphatic heterocycles. The molecule has 0 radical (unpaired) electrons.